The fourth-order valence-corrected chi connectivity index (χ4v) is 3.04. The number of nitrogens with one attached hydrogen (secondary N) is 1. The van der Waals surface area contributed by atoms with Crippen molar-refractivity contribution in [2.45, 2.75) is 52.9 Å². The minimum absolute atomic E-state index is 0.175. The van der Waals surface area contributed by atoms with Gasteiger partial charge in [0.2, 0.25) is 0 Å². The molecule has 0 aliphatic carbocycles. The average Bonchev–Trinajstić information content (AvgIpc) is 2.90. The molecule has 108 valence electrons. The largest absolute Gasteiger partial charge is 0.360 e. The topological polar surface area (TPSA) is 32.9 Å². The van der Waals surface area contributed by atoms with Crippen LogP contribution in [0, 0.1) is 5.92 Å². The Morgan fingerprint density at radius 1 is 1.15 bits per heavy atom. The Bertz CT molecular complexity index is 576. The molecule has 1 aromatic carbocycles. The van der Waals surface area contributed by atoms with Crippen molar-refractivity contribution in [1.82, 2.24) is 4.98 Å². The number of fused-ring (bicyclic) bond motifs is 1. The lowest BCUT2D eigenvalue weighted by molar-refractivity contribution is 0.0906. The molecule has 1 N–H and O–H groups in total. The van der Waals surface area contributed by atoms with Crippen LogP contribution in [0.5, 0.6) is 0 Å². The minimum Gasteiger partial charge on any atom is -0.360 e. The van der Waals surface area contributed by atoms with E-state index >= 15 is 0 Å². The lowest BCUT2D eigenvalue weighted by atomic mass is 9.89. The zero-order chi connectivity index (χ0) is 14.5. The van der Waals surface area contributed by atoms with Gasteiger partial charge in [0.05, 0.1) is 0 Å². The number of aromatic amines is 1. The molecule has 0 aliphatic rings. The summed E-state index contributed by atoms with van der Waals surface area (Å²) in [6, 6.07) is 6.25. The monoisotopic (exact) mass is 271 g/mol. The summed E-state index contributed by atoms with van der Waals surface area (Å²) >= 11 is 0. The van der Waals surface area contributed by atoms with Gasteiger partial charge in [0, 0.05) is 28.6 Å². The summed E-state index contributed by atoms with van der Waals surface area (Å²) in [7, 11) is 0. The van der Waals surface area contributed by atoms with Gasteiger partial charge in [-0.3, -0.25) is 4.79 Å². The van der Waals surface area contributed by atoms with E-state index in [9.17, 15) is 4.79 Å². The van der Waals surface area contributed by atoms with Crippen LogP contribution in [0.1, 0.15) is 62.4 Å². The van der Waals surface area contributed by atoms with Crippen molar-refractivity contribution in [3.63, 3.8) is 0 Å². The highest BCUT2D eigenvalue weighted by Gasteiger charge is 2.21. The Morgan fingerprint density at radius 2 is 1.85 bits per heavy atom. The number of Topliss-reactive ketones (excluding diaryl/α,β-unsaturated/α-hetero) is 1. The number of rotatable bonds is 7. The first kappa shape index (κ1) is 14.8. The number of hydrogen-bond donors (Lipinski definition) is 1. The van der Waals surface area contributed by atoms with Crippen molar-refractivity contribution >= 4 is 16.7 Å². The number of aryl methyl sites for hydroxylation is 1. The van der Waals surface area contributed by atoms with Gasteiger partial charge >= 0.3 is 0 Å². The van der Waals surface area contributed by atoms with Crippen LogP contribution in [0.25, 0.3) is 10.9 Å². The van der Waals surface area contributed by atoms with Gasteiger partial charge in [-0.1, -0.05) is 51.8 Å². The molecule has 0 amide bonds. The van der Waals surface area contributed by atoms with Crippen molar-refractivity contribution in [2.75, 3.05) is 0 Å². The summed E-state index contributed by atoms with van der Waals surface area (Å²) in [6.45, 7) is 6.45. The van der Waals surface area contributed by atoms with E-state index in [0.29, 0.717) is 5.78 Å². The number of hydrogen-bond acceptors (Lipinski definition) is 1. The highest BCUT2D eigenvalue weighted by Crippen LogP contribution is 2.27. The number of benzene rings is 1. The first-order valence-corrected chi connectivity index (χ1v) is 7.86. The van der Waals surface area contributed by atoms with Crippen LogP contribution in [0.2, 0.25) is 0 Å². The van der Waals surface area contributed by atoms with Crippen LogP contribution in [-0.4, -0.2) is 10.8 Å². The molecule has 0 radical (unpaired) electrons. The molecule has 0 saturated heterocycles. The normalized spacial score (nSPS) is 11.4. The third-order valence-electron chi connectivity index (χ3n) is 4.09. The summed E-state index contributed by atoms with van der Waals surface area (Å²) in [5.74, 6) is 0.488. The van der Waals surface area contributed by atoms with Gasteiger partial charge < -0.3 is 4.98 Å². The van der Waals surface area contributed by atoms with E-state index in [1.54, 1.807) is 0 Å². The van der Waals surface area contributed by atoms with Gasteiger partial charge in [0.1, 0.15) is 0 Å². The summed E-state index contributed by atoms with van der Waals surface area (Å²) in [5.41, 5.74) is 3.29. The maximum atomic E-state index is 12.8. The summed E-state index contributed by atoms with van der Waals surface area (Å²) in [6.07, 6.45) is 7.01. The van der Waals surface area contributed by atoms with E-state index in [-0.39, 0.29) is 5.92 Å². The third kappa shape index (κ3) is 2.79. The van der Waals surface area contributed by atoms with Gasteiger partial charge in [-0.15, -0.1) is 0 Å². The Hall–Kier alpha value is -1.57. The molecule has 2 heteroatoms. The van der Waals surface area contributed by atoms with Crippen molar-refractivity contribution < 1.29 is 4.79 Å². The molecule has 0 fully saturated rings. The SMILES string of the molecule is CCCC(CCC)C(=O)c1c[nH]c2c(CC)cccc12. The molecule has 0 atom stereocenters. The minimum atomic E-state index is 0.175. The van der Waals surface area contributed by atoms with Gasteiger partial charge in [-0.2, -0.15) is 0 Å². The van der Waals surface area contributed by atoms with E-state index in [0.717, 1.165) is 48.6 Å². The molecule has 20 heavy (non-hydrogen) atoms. The lowest BCUT2D eigenvalue weighted by Crippen LogP contribution is -2.14. The Kier molecular flexibility index (Phi) is 4.99. The van der Waals surface area contributed by atoms with Crippen LogP contribution in [-0.2, 0) is 6.42 Å². The third-order valence-corrected chi connectivity index (χ3v) is 4.09. The first-order chi connectivity index (χ1) is 9.72. The summed E-state index contributed by atoms with van der Waals surface area (Å²) in [5, 5.41) is 1.09. The second-order valence-corrected chi connectivity index (χ2v) is 5.53. The predicted molar refractivity (Wildman–Crippen MR) is 85.3 cm³/mol. The molecular formula is C18H25NO. The second kappa shape index (κ2) is 6.74. The molecule has 0 spiro atoms. The maximum absolute atomic E-state index is 12.8. The van der Waals surface area contributed by atoms with Crippen LogP contribution in [0.15, 0.2) is 24.4 Å². The van der Waals surface area contributed by atoms with E-state index in [1.165, 1.54) is 5.56 Å². The molecule has 0 saturated carbocycles. The molecule has 0 aliphatic heterocycles. The Morgan fingerprint density at radius 3 is 2.45 bits per heavy atom. The van der Waals surface area contributed by atoms with Crippen molar-refractivity contribution in [3.8, 4) is 0 Å². The zero-order valence-electron chi connectivity index (χ0n) is 12.8. The number of aromatic nitrogens is 1. The fraction of sp³-hybridized carbons (Fsp3) is 0.500. The zero-order valence-corrected chi connectivity index (χ0v) is 12.8. The molecule has 2 rings (SSSR count). The number of carbonyl (C=O) groups excluding carboxylic acids is 1. The summed E-state index contributed by atoms with van der Waals surface area (Å²) in [4.78, 5) is 16.1. The molecule has 0 unspecified atom stereocenters. The quantitative estimate of drug-likeness (QED) is 0.696. The van der Waals surface area contributed by atoms with Gasteiger partial charge in [0.15, 0.2) is 5.78 Å². The molecule has 2 nitrogen and oxygen atoms in total. The Labute approximate surface area is 121 Å². The molecule has 1 heterocycles. The number of H-pyrrole nitrogens is 1. The first-order valence-electron chi connectivity index (χ1n) is 7.86. The molecule has 2 aromatic rings. The fourth-order valence-electron chi connectivity index (χ4n) is 3.04. The van der Waals surface area contributed by atoms with Crippen LogP contribution in [0.3, 0.4) is 0 Å². The van der Waals surface area contributed by atoms with Crippen molar-refractivity contribution in [1.29, 1.82) is 0 Å². The number of carbonyl (C=O) groups is 1. The number of para-hydroxylation sites is 1. The van der Waals surface area contributed by atoms with Gasteiger partial charge in [-0.25, -0.2) is 0 Å². The van der Waals surface area contributed by atoms with Crippen molar-refractivity contribution in [2.24, 2.45) is 5.92 Å². The van der Waals surface area contributed by atoms with E-state index in [4.69, 9.17) is 0 Å². The second-order valence-electron chi connectivity index (χ2n) is 5.53. The highest BCUT2D eigenvalue weighted by atomic mass is 16.1. The number of ketones is 1. The smallest absolute Gasteiger partial charge is 0.168 e. The van der Waals surface area contributed by atoms with E-state index < -0.39 is 0 Å². The predicted octanol–water partition coefficient (Wildman–Crippen LogP) is 5.13. The van der Waals surface area contributed by atoms with Crippen LogP contribution in [0.4, 0.5) is 0 Å². The van der Waals surface area contributed by atoms with E-state index in [2.05, 4.69) is 44.0 Å². The van der Waals surface area contributed by atoms with Crippen LogP contribution < -0.4 is 0 Å². The molecule has 1 aromatic heterocycles. The van der Waals surface area contributed by atoms with Gasteiger partial charge in [-0.05, 0) is 24.8 Å². The molecule has 0 bridgehead atoms. The highest BCUT2D eigenvalue weighted by molar-refractivity contribution is 6.09. The van der Waals surface area contributed by atoms with Crippen molar-refractivity contribution in [3.05, 3.63) is 35.5 Å². The molecular weight excluding hydrogens is 246 g/mol. The van der Waals surface area contributed by atoms with Crippen LogP contribution >= 0.6 is 0 Å². The maximum Gasteiger partial charge on any atom is 0.168 e. The van der Waals surface area contributed by atoms with Gasteiger partial charge in [0.25, 0.3) is 0 Å². The standard InChI is InChI=1S/C18H25NO/c1-4-8-14(9-5-2)18(20)16-12-19-17-13(6-3)10-7-11-15(16)17/h7,10-12,14,19H,4-6,8-9H2,1-3H3. The van der Waals surface area contributed by atoms with E-state index in [1.807, 2.05) is 6.20 Å². The average molecular weight is 271 g/mol. The Balaban J connectivity index is 2.39. The lowest BCUT2D eigenvalue weighted by Gasteiger charge is -2.13. The summed E-state index contributed by atoms with van der Waals surface area (Å²) < 4.78 is 0.